The highest BCUT2D eigenvalue weighted by Gasteiger charge is 2.45. The number of rotatable bonds is 8. The van der Waals surface area contributed by atoms with Gasteiger partial charge in [-0.3, -0.25) is 4.79 Å². The second-order valence-electron chi connectivity index (χ2n) is 7.61. The predicted molar refractivity (Wildman–Crippen MR) is 120 cm³/mol. The van der Waals surface area contributed by atoms with E-state index in [1.807, 2.05) is 30.3 Å². The van der Waals surface area contributed by atoms with Crippen molar-refractivity contribution in [1.82, 2.24) is 5.32 Å². The Balaban J connectivity index is 1.84. The van der Waals surface area contributed by atoms with E-state index in [0.29, 0.717) is 11.3 Å². The summed E-state index contributed by atoms with van der Waals surface area (Å²) in [7, 11) is 2.73. The van der Waals surface area contributed by atoms with E-state index in [4.69, 9.17) is 30.5 Å². The molecule has 0 saturated carbocycles. The Morgan fingerprint density at radius 2 is 1.85 bits per heavy atom. The zero-order valence-corrected chi connectivity index (χ0v) is 19.3. The summed E-state index contributed by atoms with van der Waals surface area (Å²) in [5.74, 6) is -0.0555. The third-order valence-corrected chi connectivity index (χ3v) is 5.99. The molecule has 0 unspecified atom stereocenters. The maximum Gasteiger partial charge on any atom is 0.255 e. The van der Waals surface area contributed by atoms with Gasteiger partial charge in [-0.05, 0) is 18.1 Å². The lowest BCUT2D eigenvalue weighted by Crippen LogP contribution is -2.64. The Kier molecular flexibility index (Phi) is 8.52. The molecule has 2 aromatic carbocycles. The van der Waals surface area contributed by atoms with Crippen molar-refractivity contribution < 1.29 is 39.1 Å². The zero-order chi connectivity index (χ0) is 24.1. The average Bonchev–Trinajstić information content (AvgIpc) is 2.83. The van der Waals surface area contributed by atoms with Gasteiger partial charge in [0, 0.05) is 13.2 Å². The molecule has 0 radical (unpaired) electrons. The van der Waals surface area contributed by atoms with Crippen LogP contribution in [0.1, 0.15) is 21.5 Å². The first-order chi connectivity index (χ1) is 15.8. The fourth-order valence-electron chi connectivity index (χ4n) is 3.68. The number of amides is 1. The number of benzene rings is 2. The monoisotopic (exact) mass is 481 g/mol. The molecule has 180 valence electrons. The molecule has 0 aromatic heterocycles. The maximum atomic E-state index is 13.2. The van der Waals surface area contributed by atoms with E-state index in [-0.39, 0.29) is 22.9 Å². The summed E-state index contributed by atoms with van der Waals surface area (Å²) in [6.07, 6.45) is -5.02. The highest BCUT2D eigenvalue weighted by molar-refractivity contribution is 6.33. The van der Waals surface area contributed by atoms with Crippen LogP contribution in [0, 0.1) is 6.92 Å². The Morgan fingerprint density at radius 3 is 2.45 bits per heavy atom. The number of halogens is 1. The van der Waals surface area contributed by atoms with Gasteiger partial charge in [-0.2, -0.15) is 0 Å². The normalized spacial score (nSPS) is 24.9. The molecule has 0 spiro atoms. The van der Waals surface area contributed by atoms with Gasteiger partial charge in [0.2, 0.25) is 0 Å². The summed E-state index contributed by atoms with van der Waals surface area (Å²) in [6, 6.07) is 9.94. The Labute approximate surface area is 196 Å². The van der Waals surface area contributed by atoms with Crippen LogP contribution >= 0.6 is 11.6 Å². The molecule has 5 atom stereocenters. The minimum absolute atomic E-state index is 0.135. The summed E-state index contributed by atoms with van der Waals surface area (Å²) < 4.78 is 21.9. The highest BCUT2D eigenvalue weighted by Crippen LogP contribution is 2.37. The molecule has 1 saturated heterocycles. The molecule has 2 aromatic rings. The van der Waals surface area contributed by atoms with Crippen LogP contribution in [0.5, 0.6) is 11.5 Å². The highest BCUT2D eigenvalue weighted by atomic mass is 35.5. The molecule has 1 amide bonds. The van der Waals surface area contributed by atoms with Crippen molar-refractivity contribution in [2.75, 3.05) is 20.8 Å². The predicted octanol–water partition coefficient (Wildman–Crippen LogP) is 1.42. The quantitative estimate of drug-likeness (QED) is 0.446. The van der Waals surface area contributed by atoms with Gasteiger partial charge in [-0.15, -0.1) is 0 Å². The molecule has 33 heavy (non-hydrogen) atoms. The molecular formula is C23H28ClNO8. The number of carbonyl (C=O) groups excluding carboxylic acids is 1. The minimum atomic E-state index is -1.44. The number of methoxy groups -OCH3 is 2. The van der Waals surface area contributed by atoms with Gasteiger partial charge >= 0.3 is 0 Å². The van der Waals surface area contributed by atoms with E-state index in [0.717, 1.165) is 5.56 Å². The van der Waals surface area contributed by atoms with Gasteiger partial charge in [0.05, 0.1) is 24.3 Å². The van der Waals surface area contributed by atoms with Gasteiger partial charge in [0.1, 0.15) is 42.5 Å². The smallest absolute Gasteiger partial charge is 0.255 e. The molecule has 1 aliphatic rings. The van der Waals surface area contributed by atoms with Crippen LogP contribution < -0.4 is 14.8 Å². The van der Waals surface area contributed by atoms with E-state index in [1.165, 1.54) is 20.3 Å². The van der Waals surface area contributed by atoms with Crippen LogP contribution in [0.3, 0.4) is 0 Å². The first kappa shape index (κ1) is 25.2. The van der Waals surface area contributed by atoms with Gasteiger partial charge in [-0.25, -0.2) is 0 Å². The molecule has 0 aliphatic carbocycles. The number of aliphatic hydroxyl groups excluding tert-OH is 3. The molecule has 1 heterocycles. The van der Waals surface area contributed by atoms with Crippen molar-refractivity contribution in [3.8, 4) is 11.5 Å². The van der Waals surface area contributed by atoms with Gasteiger partial charge < -0.3 is 39.6 Å². The van der Waals surface area contributed by atoms with Crippen molar-refractivity contribution in [1.29, 1.82) is 0 Å². The lowest BCUT2D eigenvalue weighted by Gasteiger charge is -2.41. The first-order valence-corrected chi connectivity index (χ1v) is 10.7. The van der Waals surface area contributed by atoms with Crippen molar-refractivity contribution in [3.63, 3.8) is 0 Å². The molecule has 3 rings (SSSR count). The van der Waals surface area contributed by atoms with Crippen LogP contribution in [-0.2, 0) is 16.1 Å². The minimum Gasteiger partial charge on any atom is -0.496 e. The number of ether oxygens (including phenoxy) is 4. The molecule has 4 N–H and O–H groups in total. The van der Waals surface area contributed by atoms with Crippen molar-refractivity contribution in [2.45, 2.75) is 44.2 Å². The van der Waals surface area contributed by atoms with Crippen LogP contribution in [0.2, 0.25) is 5.02 Å². The lowest BCUT2D eigenvalue weighted by atomic mass is 9.96. The van der Waals surface area contributed by atoms with E-state index in [9.17, 15) is 20.1 Å². The van der Waals surface area contributed by atoms with E-state index < -0.39 is 43.2 Å². The Morgan fingerprint density at radius 1 is 1.15 bits per heavy atom. The summed E-state index contributed by atoms with van der Waals surface area (Å²) in [4.78, 5) is 13.2. The Bertz CT molecular complexity index is 955. The summed E-state index contributed by atoms with van der Waals surface area (Å²) in [5.41, 5.74) is 1.49. The van der Waals surface area contributed by atoms with Crippen LogP contribution in [0.15, 0.2) is 36.4 Å². The summed E-state index contributed by atoms with van der Waals surface area (Å²) in [6.45, 7) is 1.40. The second-order valence-corrected chi connectivity index (χ2v) is 7.98. The van der Waals surface area contributed by atoms with Crippen LogP contribution in [0.4, 0.5) is 0 Å². The molecule has 1 aliphatic heterocycles. The molecule has 0 bridgehead atoms. The average molecular weight is 482 g/mol. The van der Waals surface area contributed by atoms with Gasteiger partial charge in [0.15, 0.2) is 6.29 Å². The van der Waals surface area contributed by atoms with Crippen LogP contribution in [-0.4, -0.2) is 72.7 Å². The van der Waals surface area contributed by atoms with Crippen molar-refractivity contribution in [2.24, 2.45) is 0 Å². The largest absolute Gasteiger partial charge is 0.496 e. The number of carbonyl (C=O) groups is 1. The van der Waals surface area contributed by atoms with Crippen molar-refractivity contribution >= 4 is 17.5 Å². The van der Waals surface area contributed by atoms with Crippen LogP contribution in [0.25, 0.3) is 0 Å². The first-order valence-electron chi connectivity index (χ1n) is 10.3. The SMILES string of the molecule is COc1cc(OCc2ccccc2)c(Cl)c(C)c1C(=O)N[C@H]1[C@@H](OC)O[C@H](CO)[C@@H](O)[C@@H]1O. The fraction of sp³-hybridized carbons (Fsp3) is 0.435. The second kappa shape index (κ2) is 11.1. The maximum absolute atomic E-state index is 13.2. The molecule has 10 heteroatoms. The number of hydrogen-bond acceptors (Lipinski definition) is 8. The molecule has 9 nitrogen and oxygen atoms in total. The van der Waals surface area contributed by atoms with Gasteiger partial charge in [-0.1, -0.05) is 41.9 Å². The zero-order valence-electron chi connectivity index (χ0n) is 18.5. The topological polar surface area (TPSA) is 127 Å². The third-order valence-electron chi connectivity index (χ3n) is 5.52. The lowest BCUT2D eigenvalue weighted by molar-refractivity contribution is -0.261. The number of hydrogen-bond donors (Lipinski definition) is 4. The van der Waals surface area contributed by atoms with Gasteiger partial charge in [0.25, 0.3) is 5.91 Å². The standard InChI is InChI=1S/C23H28ClNO8/c1-12-17(22(29)25-19-21(28)20(27)16(10-26)33-23(19)31-3)14(30-2)9-15(18(12)24)32-11-13-7-5-4-6-8-13/h4-9,16,19-21,23,26-28H,10-11H2,1-3H3,(H,25,29)/t16-,19-,20-,21-,23+/m1/s1. The Hall–Kier alpha value is -2.40. The fourth-order valence-corrected chi connectivity index (χ4v) is 3.88. The number of aliphatic hydroxyl groups is 3. The molecular weight excluding hydrogens is 454 g/mol. The summed E-state index contributed by atoms with van der Waals surface area (Å²) in [5, 5.41) is 32.9. The van der Waals surface area contributed by atoms with E-state index in [2.05, 4.69) is 5.32 Å². The summed E-state index contributed by atoms with van der Waals surface area (Å²) >= 11 is 6.50. The number of nitrogens with one attached hydrogen (secondary N) is 1. The van der Waals surface area contributed by atoms with Crippen molar-refractivity contribution in [3.05, 3.63) is 58.1 Å². The van der Waals surface area contributed by atoms with E-state index in [1.54, 1.807) is 6.92 Å². The third kappa shape index (κ3) is 5.40. The van der Waals surface area contributed by atoms with E-state index >= 15 is 0 Å². The molecule has 1 fully saturated rings.